The predicted molar refractivity (Wildman–Crippen MR) is 120 cm³/mol. The number of aromatic carboxylic acids is 1. The SMILES string of the molecule is C=C/C(=C(\C)c1cc(=O)c(C(=O)O)cn1CCC)c1ccc(F)c(F)c1.CC.CC. The molecule has 0 atom stereocenters. The van der Waals surface area contributed by atoms with E-state index in [-0.39, 0.29) is 5.56 Å². The summed E-state index contributed by atoms with van der Waals surface area (Å²) in [7, 11) is 0. The van der Waals surface area contributed by atoms with Gasteiger partial charge in [-0.2, -0.15) is 0 Å². The number of carbonyl (C=O) groups is 1. The van der Waals surface area contributed by atoms with E-state index in [0.29, 0.717) is 28.9 Å². The van der Waals surface area contributed by atoms with Gasteiger partial charge in [-0.25, -0.2) is 13.6 Å². The van der Waals surface area contributed by atoms with Gasteiger partial charge in [-0.3, -0.25) is 4.79 Å². The van der Waals surface area contributed by atoms with Gasteiger partial charge in [0.25, 0.3) is 0 Å². The highest BCUT2D eigenvalue weighted by Crippen LogP contribution is 2.28. The Hall–Kier alpha value is -3.02. The number of carboxylic acid groups (broad SMARTS) is 1. The van der Waals surface area contributed by atoms with Crippen LogP contribution in [0.25, 0.3) is 11.1 Å². The summed E-state index contributed by atoms with van der Waals surface area (Å²) in [6.07, 6.45) is 3.52. The van der Waals surface area contributed by atoms with E-state index in [1.54, 1.807) is 11.5 Å². The average Bonchev–Trinajstić information content (AvgIpc) is 2.75. The fourth-order valence-corrected chi connectivity index (χ4v) is 2.77. The van der Waals surface area contributed by atoms with Crippen molar-refractivity contribution in [2.24, 2.45) is 0 Å². The number of nitrogens with zero attached hydrogens (tertiary/aromatic N) is 1. The zero-order chi connectivity index (χ0) is 23.4. The molecule has 0 aliphatic heterocycles. The molecule has 2 rings (SSSR count). The first-order valence-corrected chi connectivity index (χ1v) is 10.1. The minimum Gasteiger partial charge on any atom is -0.477 e. The van der Waals surface area contributed by atoms with E-state index in [1.807, 2.05) is 34.6 Å². The van der Waals surface area contributed by atoms with Crippen LogP contribution in [0.3, 0.4) is 0 Å². The number of carboxylic acids is 1. The molecule has 0 aliphatic carbocycles. The van der Waals surface area contributed by atoms with Crippen LogP contribution in [0.2, 0.25) is 0 Å². The van der Waals surface area contributed by atoms with E-state index in [1.165, 1.54) is 24.4 Å². The summed E-state index contributed by atoms with van der Waals surface area (Å²) in [5.74, 6) is -3.23. The highest BCUT2D eigenvalue weighted by molar-refractivity contribution is 5.94. The number of hydrogen-bond donors (Lipinski definition) is 1. The fraction of sp³-hybridized carbons (Fsp3) is 0.333. The van der Waals surface area contributed by atoms with Crippen LogP contribution in [0.5, 0.6) is 0 Å². The lowest BCUT2D eigenvalue weighted by atomic mass is 9.97. The number of rotatable bonds is 6. The summed E-state index contributed by atoms with van der Waals surface area (Å²) in [4.78, 5) is 23.4. The Morgan fingerprint density at radius 3 is 2.20 bits per heavy atom. The lowest BCUT2D eigenvalue weighted by Gasteiger charge is -2.17. The lowest BCUT2D eigenvalue weighted by Crippen LogP contribution is -2.20. The molecule has 1 N–H and O–H groups in total. The van der Waals surface area contributed by atoms with Crippen molar-refractivity contribution in [2.75, 3.05) is 0 Å². The number of halogens is 2. The molecule has 1 aromatic heterocycles. The Bertz CT molecular complexity index is 959. The van der Waals surface area contributed by atoms with Crippen molar-refractivity contribution in [3.8, 4) is 0 Å². The largest absolute Gasteiger partial charge is 0.477 e. The van der Waals surface area contributed by atoms with Crippen molar-refractivity contribution in [3.05, 3.63) is 81.8 Å². The monoisotopic (exact) mass is 419 g/mol. The summed E-state index contributed by atoms with van der Waals surface area (Å²) < 4.78 is 28.5. The third kappa shape index (κ3) is 6.51. The van der Waals surface area contributed by atoms with E-state index in [9.17, 15) is 18.4 Å². The summed E-state index contributed by atoms with van der Waals surface area (Å²) in [6, 6.07) is 4.75. The maximum absolute atomic E-state index is 13.6. The molecule has 0 unspecified atom stereocenters. The highest BCUT2D eigenvalue weighted by Gasteiger charge is 2.15. The average molecular weight is 420 g/mol. The van der Waals surface area contributed by atoms with Gasteiger partial charge in [-0.1, -0.05) is 53.3 Å². The smallest absolute Gasteiger partial charge is 0.341 e. The number of hydrogen-bond acceptors (Lipinski definition) is 2. The van der Waals surface area contributed by atoms with Crippen molar-refractivity contribution in [1.82, 2.24) is 4.57 Å². The van der Waals surface area contributed by atoms with Gasteiger partial charge in [0.15, 0.2) is 17.1 Å². The Morgan fingerprint density at radius 1 is 1.13 bits per heavy atom. The number of aryl methyl sites for hydroxylation is 1. The normalized spacial score (nSPS) is 10.7. The third-order valence-corrected chi connectivity index (χ3v) is 4.05. The van der Waals surface area contributed by atoms with Crippen molar-refractivity contribution in [3.63, 3.8) is 0 Å². The number of benzene rings is 1. The molecule has 0 aliphatic rings. The van der Waals surface area contributed by atoms with Crippen LogP contribution in [0, 0.1) is 11.6 Å². The minimum absolute atomic E-state index is 0.317. The molecule has 164 valence electrons. The molecule has 0 fully saturated rings. The van der Waals surface area contributed by atoms with Gasteiger partial charge in [0, 0.05) is 24.5 Å². The van der Waals surface area contributed by atoms with E-state index in [2.05, 4.69) is 6.58 Å². The fourth-order valence-electron chi connectivity index (χ4n) is 2.77. The Kier molecular flexibility index (Phi) is 11.9. The molecule has 0 bridgehead atoms. The number of pyridine rings is 1. The number of allylic oxidation sites excluding steroid dienone is 3. The zero-order valence-corrected chi connectivity index (χ0v) is 18.6. The number of aromatic nitrogens is 1. The first kappa shape index (κ1) is 27.0. The van der Waals surface area contributed by atoms with Crippen LogP contribution in [-0.4, -0.2) is 15.6 Å². The molecular formula is C24H31F2NO3. The molecule has 1 aromatic carbocycles. The van der Waals surface area contributed by atoms with Gasteiger partial charge in [0.1, 0.15) is 5.56 Å². The second-order valence-electron chi connectivity index (χ2n) is 5.81. The van der Waals surface area contributed by atoms with Crippen LogP contribution in [-0.2, 0) is 6.54 Å². The van der Waals surface area contributed by atoms with E-state index >= 15 is 0 Å². The molecule has 1 heterocycles. The Balaban J connectivity index is 0.00000198. The minimum atomic E-state index is -1.29. The quantitative estimate of drug-likeness (QED) is 0.551. The van der Waals surface area contributed by atoms with Crippen molar-refractivity contribution < 1.29 is 18.7 Å². The Morgan fingerprint density at radius 2 is 1.73 bits per heavy atom. The summed E-state index contributed by atoms with van der Waals surface area (Å²) >= 11 is 0. The predicted octanol–water partition coefficient (Wildman–Crippen LogP) is 6.40. The van der Waals surface area contributed by atoms with Gasteiger partial charge in [0.05, 0.1) is 0 Å². The molecular weight excluding hydrogens is 388 g/mol. The molecule has 30 heavy (non-hydrogen) atoms. The van der Waals surface area contributed by atoms with E-state index in [4.69, 9.17) is 5.11 Å². The lowest BCUT2D eigenvalue weighted by molar-refractivity contribution is 0.0694. The van der Waals surface area contributed by atoms with Crippen LogP contribution < -0.4 is 5.43 Å². The molecule has 0 saturated carbocycles. The van der Waals surface area contributed by atoms with Crippen LogP contribution >= 0.6 is 0 Å². The van der Waals surface area contributed by atoms with Gasteiger partial charge >= 0.3 is 5.97 Å². The first-order chi connectivity index (χ1) is 14.3. The second-order valence-corrected chi connectivity index (χ2v) is 5.81. The molecule has 4 nitrogen and oxygen atoms in total. The molecule has 0 amide bonds. The summed E-state index contributed by atoms with van der Waals surface area (Å²) in [5, 5.41) is 9.16. The second kappa shape index (κ2) is 13.2. The van der Waals surface area contributed by atoms with Gasteiger partial charge in [0.2, 0.25) is 0 Å². The first-order valence-electron chi connectivity index (χ1n) is 10.1. The van der Waals surface area contributed by atoms with Crippen molar-refractivity contribution >= 4 is 17.1 Å². The Labute approximate surface area is 177 Å². The van der Waals surface area contributed by atoms with E-state index in [0.717, 1.165) is 18.6 Å². The standard InChI is InChI=1S/C20H19F2NO3.2C2H6/c1-4-8-23-11-15(20(25)26)19(24)10-18(23)12(3)14(5-2)13-6-7-16(21)17(22)9-13;2*1-2/h5-7,9-11H,2,4,8H2,1,3H3,(H,25,26);2*1-2H3/b14-12-;;. The molecule has 6 heteroatoms. The van der Waals surface area contributed by atoms with E-state index < -0.39 is 23.0 Å². The maximum Gasteiger partial charge on any atom is 0.341 e. The van der Waals surface area contributed by atoms with Crippen molar-refractivity contribution in [2.45, 2.75) is 54.5 Å². The van der Waals surface area contributed by atoms with Crippen LogP contribution in [0.1, 0.15) is 69.6 Å². The molecule has 2 aromatic rings. The third-order valence-electron chi connectivity index (χ3n) is 4.05. The molecule has 0 saturated heterocycles. The summed E-state index contributed by atoms with van der Waals surface area (Å²) in [5.41, 5.74) is 1.11. The highest BCUT2D eigenvalue weighted by atomic mass is 19.2. The molecule has 0 spiro atoms. The van der Waals surface area contributed by atoms with Gasteiger partial charge < -0.3 is 9.67 Å². The maximum atomic E-state index is 13.6. The van der Waals surface area contributed by atoms with Crippen LogP contribution in [0.15, 0.2) is 47.9 Å². The van der Waals surface area contributed by atoms with Crippen LogP contribution in [0.4, 0.5) is 8.78 Å². The van der Waals surface area contributed by atoms with Crippen molar-refractivity contribution in [1.29, 1.82) is 0 Å². The zero-order valence-electron chi connectivity index (χ0n) is 18.6. The topological polar surface area (TPSA) is 59.3 Å². The van der Waals surface area contributed by atoms with Gasteiger partial charge in [-0.05, 0) is 42.2 Å². The summed E-state index contributed by atoms with van der Waals surface area (Å²) in [6.45, 7) is 15.9. The molecule has 0 radical (unpaired) electrons. The van der Waals surface area contributed by atoms with Gasteiger partial charge in [-0.15, -0.1) is 0 Å².